The number of anilines is 1. The smallest absolute Gasteiger partial charge is 0.325 e. The number of imidazole rings is 1. The molecular formula is C29H31F2N5O3. The van der Waals surface area contributed by atoms with Crippen molar-refractivity contribution in [3.63, 3.8) is 0 Å². The molecule has 1 unspecified atom stereocenters. The predicted octanol–water partition coefficient (Wildman–Crippen LogP) is 6.33. The molecule has 6 rings (SSSR count). The molecule has 2 amide bonds. The molecule has 4 aromatic rings. The van der Waals surface area contributed by atoms with Gasteiger partial charge >= 0.3 is 6.03 Å². The van der Waals surface area contributed by atoms with Gasteiger partial charge in [-0.1, -0.05) is 11.2 Å². The van der Waals surface area contributed by atoms with Crippen molar-refractivity contribution in [2.45, 2.75) is 57.7 Å². The Morgan fingerprint density at radius 1 is 1.03 bits per heavy atom. The molecule has 204 valence electrons. The minimum absolute atomic E-state index is 0.161. The lowest BCUT2D eigenvalue weighted by Crippen LogP contribution is -2.32. The van der Waals surface area contributed by atoms with E-state index in [-0.39, 0.29) is 18.2 Å². The third-order valence-corrected chi connectivity index (χ3v) is 8.15. The van der Waals surface area contributed by atoms with Crippen LogP contribution in [0.3, 0.4) is 0 Å². The summed E-state index contributed by atoms with van der Waals surface area (Å²) in [5.74, 6) is -0.491. The molecule has 0 radical (unpaired) electrons. The van der Waals surface area contributed by atoms with Crippen LogP contribution >= 0.6 is 0 Å². The van der Waals surface area contributed by atoms with E-state index in [0.717, 1.165) is 77.3 Å². The number of rotatable bonds is 5. The summed E-state index contributed by atoms with van der Waals surface area (Å²) in [6.07, 6.45) is 3.89. The standard InChI is InChI=1S/C29H31F2N5O3/c1-16-27(17(2)39-33-16)18-5-12-25-24(13-18)32-28(35(25)19-6-9-21(38-4)10-7-19)26-15-34(3)29(37)36(26)20-8-11-22(30)23(31)14-20/h5,8,11-14,19,21,26H,6-7,9-10,15H2,1-4H3. The molecule has 1 aliphatic carbocycles. The van der Waals surface area contributed by atoms with Crippen LogP contribution in [-0.4, -0.2) is 52.4 Å². The molecule has 0 spiro atoms. The largest absolute Gasteiger partial charge is 0.381 e. The van der Waals surface area contributed by atoms with Gasteiger partial charge in [-0.05, 0) is 69.4 Å². The first kappa shape index (κ1) is 25.5. The maximum absolute atomic E-state index is 14.3. The summed E-state index contributed by atoms with van der Waals surface area (Å²) in [7, 11) is 3.46. The molecule has 1 saturated carbocycles. The molecule has 1 saturated heterocycles. The fraction of sp³-hybridized carbons (Fsp3) is 0.414. The zero-order valence-electron chi connectivity index (χ0n) is 22.4. The highest BCUT2D eigenvalue weighted by Gasteiger charge is 2.41. The maximum atomic E-state index is 14.3. The van der Waals surface area contributed by atoms with E-state index in [4.69, 9.17) is 14.2 Å². The number of urea groups is 1. The van der Waals surface area contributed by atoms with Crippen LogP contribution in [0.15, 0.2) is 40.9 Å². The molecule has 0 N–H and O–H groups in total. The number of aryl methyl sites for hydroxylation is 2. The average Bonchev–Trinajstić information content (AvgIpc) is 3.57. The van der Waals surface area contributed by atoms with Gasteiger partial charge in [0.25, 0.3) is 0 Å². The molecule has 8 nitrogen and oxygen atoms in total. The van der Waals surface area contributed by atoms with Crippen molar-refractivity contribution in [2.24, 2.45) is 0 Å². The van der Waals surface area contributed by atoms with Crippen LogP contribution in [0.1, 0.15) is 55.0 Å². The second-order valence-electron chi connectivity index (χ2n) is 10.6. The fourth-order valence-corrected chi connectivity index (χ4v) is 6.18. The van der Waals surface area contributed by atoms with E-state index >= 15 is 0 Å². The molecule has 2 aromatic heterocycles. The maximum Gasteiger partial charge on any atom is 0.325 e. The summed E-state index contributed by atoms with van der Waals surface area (Å²) < 4.78 is 41.3. The fourth-order valence-electron chi connectivity index (χ4n) is 6.18. The highest BCUT2D eigenvalue weighted by Crippen LogP contribution is 2.41. The Labute approximate surface area is 225 Å². The van der Waals surface area contributed by atoms with Crippen LogP contribution in [0.4, 0.5) is 19.3 Å². The van der Waals surface area contributed by atoms with E-state index < -0.39 is 17.7 Å². The lowest BCUT2D eigenvalue weighted by atomic mass is 9.92. The number of nitrogens with zero attached hydrogens (tertiary/aromatic N) is 5. The van der Waals surface area contributed by atoms with Gasteiger partial charge in [0, 0.05) is 37.5 Å². The van der Waals surface area contributed by atoms with Crippen molar-refractivity contribution in [3.8, 4) is 11.1 Å². The van der Waals surface area contributed by atoms with Crippen LogP contribution in [0.2, 0.25) is 0 Å². The number of benzene rings is 2. The lowest BCUT2D eigenvalue weighted by Gasteiger charge is -2.32. The van der Waals surface area contributed by atoms with Crippen LogP contribution in [0, 0.1) is 25.5 Å². The summed E-state index contributed by atoms with van der Waals surface area (Å²) in [4.78, 5) is 21.5. The topological polar surface area (TPSA) is 76.6 Å². The van der Waals surface area contributed by atoms with Gasteiger partial charge in [-0.2, -0.15) is 0 Å². The number of fused-ring (bicyclic) bond motifs is 1. The van der Waals surface area contributed by atoms with Gasteiger partial charge in [0.05, 0.1) is 29.4 Å². The van der Waals surface area contributed by atoms with Crippen molar-refractivity contribution < 1.29 is 22.8 Å². The number of amides is 2. The second-order valence-corrected chi connectivity index (χ2v) is 10.6. The molecule has 2 fully saturated rings. The average molecular weight is 536 g/mol. The van der Waals surface area contributed by atoms with E-state index in [9.17, 15) is 13.6 Å². The lowest BCUT2D eigenvalue weighted by molar-refractivity contribution is 0.0584. The van der Waals surface area contributed by atoms with E-state index in [0.29, 0.717) is 12.2 Å². The first-order chi connectivity index (χ1) is 18.8. The van der Waals surface area contributed by atoms with Crippen LogP contribution in [0.5, 0.6) is 0 Å². The molecule has 1 atom stereocenters. The molecule has 3 heterocycles. The Morgan fingerprint density at radius 2 is 1.79 bits per heavy atom. The third-order valence-electron chi connectivity index (χ3n) is 8.15. The van der Waals surface area contributed by atoms with E-state index in [1.165, 1.54) is 11.0 Å². The molecular weight excluding hydrogens is 504 g/mol. The number of ether oxygens (including phenoxy) is 1. The van der Waals surface area contributed by atoms with Crippen molar-refractivity contribution in [3.05, 3.63) is 65.3 Å². The van der Waals surface area contributed by atoms with Crippen molar-refractivity contribution in [1.29, 1.82) is 0 Å². The second kappa shape index (κ2) is 9.75. The number of likely N-dealkylation sites (N-methyl/N-ethyl adjacent to an activating group) is 1. The van der Waals surface area contributed by atoms with Crippen LogP contribution < -0.4 is 4.90 Å². The monoisotopic (exact) mass is 535 g/mol. The van der Waals surface area contributed by atoms with Crippen LogP contribution in [-0.2, 0) is 4.74 Å². The molecule has 2 aromatic carbocycles. The van der Waals surface area contributed by atoms with Gasteiger partial charge in [-0.15, -0.1) is 0 Å². The highest BCUT2D eigenvalue weighted by atomic mass is 19.2. The van der Waals surface area contributed by atoms with Gasteiger partial charge in [-0.25, -0.2) is 18.6 Å². The minimum atomic E-state index is -0.996. The van der Waals surface area contributed by atoms with E-state index in [1.54, 1.807) is 19.1 Å². The number of carbonyl (C=O) groups is 1. The number of halogens is 2. The Kier molecular flexibility index (Phi) is 6.37. The van der Waals surface area contributed by atoms with Crippen LogP contribution in [0.25, 0.3) is 22.2 Å². The number of hydrogen-bond donors (Lipinski definition) is 0. The minimum Gasteiger partial charge on any atom is -0.381 e. The quantitative estimate of drug-likeness (QED) is 0.299. The zero-order valence-corrected chi connectivity index (χ0v) is 22.4. The molecule has 39 heavy (non-hydrogen) atoms. The number of methoxy groups -OCH3 is 1. The first-order valence-corrected chi connectivity index (χ1v) is 13.2. The van der Waals surface area contributed by atoms with E-state index in [2.05, 4.69) is 21.9 Å². The Bertz CT molecular complexity index is 1540. The van der Waals surface area contributed by atoms with Gasteiger partial charge in [0.1, 0.15) is 17.6 Å². The molecule has 10 heteroatoms. The van der Waals surface area contributed by atoms with Crippen molar-refractivity contribution in [1.82, 2.24) is 19.6 Å². The van der Waals surface area contributed by atoms with Gasteiger partial charge in [0.2, 0.25) is 0 Å². The Hall–Kier alpha value is -3.79. The molecule has 1 aliphatic heterocycles. The van der Waals surface area contributed by atoms with Crippen molar-refractivity contribution in [2.75, 3.05) is 25.6 Å². The molecule has 0 bridgehead atoms. The van der Waals surface area contributed by atoms with Gasteiger partial charge < -0.3 is 18.7 Å². The number of carbonyl (C=O) groups excluding carboxylic acids is 1. The van der Waals surface area contributed by atoms with E-state index in [1.807, 2.05) is 19.9 Å². The third kappa shape index (κ3) is 4.27. The Balaban J connectivity index is 1.50. The zero-order chi connectivity index (χ0) is 27.4. The Morgan fingerprint density at radius 3 is 2.46 bits per heavy atom. The summed E-state index contributed by atoms with van der Waals surface area (Å²) in [5.41, 5.74) is 4.75. The summed E-state index contributed by atoms with van der Waals surface area (Å²) in [5, 5.41) is 4.10. The highest BCUT2D eigenvalue weighted by molar-refractivity contribution is 5.95. The van der Waals surface area contributed by atoms with Gasteiger partial charge in [-0.3, -0.25) is 4.90 Å². The summed E-state index contributed by atoms with van der Waals surface area (Å²) in [6.45, 7) is 4.16. The normalized spacial score (nSPS) is 21.9. The number of aromatic nitrogens is 3. The summed E-state index contributed by atoms with van der Waals surface area (Å²) >= 11 is 0. The SMILES string of the molecule is COC1CCC(n2c(C3CN(C)C(=O)N3c3ccc(F)c(F)c3)nc3cc(-c4c(C)noc4C)ccc32)CC1. The van der Waals surface area contributed by atoms with Crippen molar-refractivity contribution >= 4 is 22.8 Å². The predicted molar refractivity (Wildman–Crippen MR) is 143 cm³/mol. The van der Waals surface area contributed by atoms with Gasteiger partial charge in [0.15, 0.2) is 11.6 Å². The molecule has 2 aliphatic rings. The first-order valence-electron chi connectivity index (χ1n) is 13.2. The summed E-state index contributed by atoms with van der Waals surface area (Å²) in [6, 6.07) is 9.11. The number of hydrogen-bond acceptors (Lipinski definition) is 5.